The van der Waals surface area contributed by atoms with Gasteiger partial charge in [-0.3, -0.25) is 20.4 Å². The Balaban J connectivity index is 1.74. The van der Waals surface area contributed by atoms with E-state index in [0.717, 1.165) is 4.47 Å². The minimum atomic E-state index is -0.996. The minimum Gasteiger partial charge on any atom is -0.484 e. The van der Waals surface area contributed by atoms with Gasteiger partial charge < -0.3 is 9.47 Å². The Kier molecular flexibility index (Phi) is 6.76. The summed E-state index contributed by atoms with van der Waals surface area (Å²) in [6, 6.07) is 12.7. The molecule has 6 nitrogen and oxygen atoms in total. The molecular weight excluding hydrogens is 395 g/mol. The molecule has 0 saturated carbocycles. The largest absolute Gasteiger partial charge is 0.484 e. The van der Waals surface area contributed by atoms with E-state index in [0.29, 0.717) is 5.75 Å². The van der Waals surface area contributed by atoms with E-state index in [1.54, 1.807) is 30.3 Å². The van der Waals surface area contributed by atoms with Gasteiger partial charge in [0.2, 0.25) is 0 Å². The van der Waals surface area contributed by atoms with Crippen LogP contribution in [-0.4, -0.2) is 24.5 Å². The van der Waals surface area contributed by atoms with Crippen molar-refractivity contribution in [2.75, 3.05) is 6.61 Å². The first-order valence-corrected chi connectivity index (χ1v) is 8.13. The van der Waals surface area contributed by atoms with E-state index in [9.17, 15) is 14.0 Å². The average molecular weight is 411 g/mol. The number of hydrazine groups is 1. The van der Waals surface area contributed by atoms with Crippen LogP contribution in [0.4, 0.5) is 4.39 Å². The molecule has 0 fully saturated rings. The molecule has 0 bridgehead atoms. The number of para-hydroxylation sites is 1. The molecule has 1 atom stereocenters. The number of amides is 2. The van der Waals surface area contributed by atoms with Crippen molar-refractivity contribution in [2.24, 2.45) is 0 Å². The number of benzene rings is 2. The van der Waals surface area contributed by atoms with E-state index in [-0.39, 0.29) is 12.4 Å². The van der Waals surface area contributed by atoms with Crippen molar-refractivity contribution in [3.63, 3.8) is 0 Å². The maximum Gasteiger partial charge on any atom is 0.279 e. The molecule has 0 saturated heterocycles. The highest BCUT2D eigenvalue weighted by Crippen LogP contribution is 2.17. The van der Waals surface area contributed by atoms with Gasteiger partial charge in [0.25, 0.3) is 11.8 Å². The molecule has 0 aliphatic carbocycles. The van der Waals surface area contributed by atoms with Gasteiger partial charge in [-0.1, -0.05) is 28.1 Å². The summed E-state index contributed by atoms with van der Waals surface area (Å²) >= 11 is 3.29. The van der Waals surface area contributed by atoms with Crippen molar-refractivity contribution in [3.05, 3.63) is 58.8 Å². The Morgan fingerprint density at radius 3 is 2.48 bits per heavy atom. The third-order valence-electron chi connectivity index (χ3n) is 3.02. The third kappa shape index (κ3) is 6.07. The summed E-state index contributed by atoms with van der Waals surface area (Å²) in [7, 11) is 0. The maximum absolute atomic E-state index is 13.5. The van der Waals surface area contributed by atoms with Gasteiger partial charge >= 0.3 is 0 Å². The van der Waals surface area contributed by atoms with Crippen molar-refractivity contribution >= 4 is 27.7 Å². The normalized spacial score (nSPS) is 11.3. The van der Waals surface area contributed by atoms with E-state index < -0.39 is 23.7 Å². The lowest BCUT2D eigenvalue weighted by atomic mass is 10.3. The topological polar surface area (TPSA) is 76.7 Å². The van der Waals surface area contributed by atoms with Crippen LogP contribution in [-0.2, 0) is 9.59 Å². The second kappa shape index (κ2) is 9.03. The van der Waals surface area contributed by atoms with Crippen LogP contribution in [0.1, 0.15) is 6.92 Å². The summed E-state index contributed by atoms with van der Waals surface area (Å²) in [5.74, 6) is -1.28. The first-order valence-electron chi connectivity index (χ1n) is 7.34. The molecule has 2 rings (SSSR count). The minimum absolute atomic E-state index is 0.0463. The summed E-state index contributed by atoms with van der Waals surface area (Å²) in [6.07, 6.45) is -0.996. The van der Waals surface area contributed by atoms with Crippen LogP contribution in [0.25, 0.3) is 0 Å². The summed E-state index contributed by atoms with van der Waals surface area (Å²) in [5.41, 5.74) is 4.39. The van der Waals surface area contributed by atoms with Crippen LogP contribution in [0.15, 0.2) is 53.0 Å². The van der Waals surface area contributed by atoms with E-state index in [4.69, 9.17) is 9.47 Å². The molecule has 0 radical (unpaired) electrons. The second-order valence-electron chi connectivity index (χ2n) is 4.97. The van der Waals surface area contributed by atoms with E-state index in [1.807, 2.05) is 0 Å². The zero-order valence-corrected chi connectivity index (χ0v) is 14.9. The number of carbonyl (C=O) groups is 2. The van der Waals surface area contributed by atoms with E-state index in [1.165, 1.54) is 25.1 Å². The Bertz CT molecular complexity index is 740. The van der Waals surface area contributed by atoms with Crippen molar-refractivity contribution in [1.29, 1.82) is 0 Å². The Hall–Kier alpha value is -2.61. The maximum atomic E-state index is 13.5. The van der Waals surface area contributed by atoms with Gasteiger partial charge in [-0.15, -0.1) is 0 Å². The quantitative estimate of drug-likeness (QED) is 0.717. The molecule has 0 spiro atoms. The highest BCUT2D eigenvalue weighted by molar-refractivity contribution is 9.10. The van der Waals surface area contributed by atoms with Crippen LogP contribution in [0.3, 0.4) is 0 Å². The van der Waals surface area contributed by atoms with Gasteiger partial charge in [-0.2, -0.15) is 0 Å². The van der Waals surface area contributed by atoms with Gasteiger partial charge in [0.1, 0.15) is 5.75 Å². The summed E-state index contributed by atoms with van der Waals surface area (Å²) in [6.45, 7) is 1.16. The third-order valence-corrected chi connectivity index (χ3v) is 3.55. The molecule has 8 heteroatoms. The number of nitrogens with one attached hydrogen (secondary N) is 2. The van der Waals surface area contributed by atoms with Gasteiger partial charge in [0, 0.05) is 4.47 Å². The highest BCUT2D eigenvalue weighted by Gasteiger charge is 2.17. The summed E-state index contributed by atoms with van der Waals surface area (Å²) in [4.78, 5) is 23.5. The molecule has 132 valence electrons. The molecule has 0 aliphatic rings. The van der Waals surface area contributed by atoms with E-state index in [2.05, 4.69) is 26.8 Å². The smallest absolute Gasteiger partial charge is 0.279 e. The molecule has 2 amide bonds. The van der Waals surface area contributed by atoms with Crippen molar-refractivity contribution in [1.82, 2.24) is 10.9 Å². The molecule has 0 heterocycles. The zero-order valence-electron chi connectivity index (χ0n) is 13.3. The standard InChI is InChI=1S/C17H16BrFN2O4/c1-11(25-15-5-3-2-4-14(15)19)17(23)21-20-16(22)10-24-13-8-6-12(18)7-9-13/h2-9,11H,10H2,1H3,(H,20,22)(H,21,23)/t11-/m1/s1. The van der Waals surface area contributed by atoms with Crippen molar-refractivity contribution < 1.29 is 23.5 Å². The van der Waals surface area contributed by atoms with Gasteiger partial charge in [0.15, 0.2) is 24.3 Å². The summed E-state index contributed by atoms with van der Waals surface area (Å²) < 4.78 is 24.8. The molecule has 0 aromatic heterocycles. The fraction of sp³-hybridized carbons (Fsp3) is 0.176. The monoisotopic (exact) mass is 410 g/mol. The van der Waals surface area contributed by atoms with Crippen LogP contribution in [0.5, 0.6) is 11.5 Å². The van der Waals surface area contributed by atoms with Gasteiger partial charge in [-0.05, 0) is 43.3 Å². The molecule has 2 aromatic rings. The van der Waals surface area contributed by atoms with Crippen molar-refractivity contribution in [3.8, 4) is 11.5 Å². The fourth-order valence-corrected chi connectivity index (χ4v) is 2.00. The lowest BCUT2D eigenvalue weighted by Crippen LogP contribution is -2.48. The average Bonchev–Trinajstić information content (AvgIpc) is 2.61. The predicted molar refractivity (Wildman–Crippen MR) is 92.4 cm³/mol. The number of halogens is 2. The number of hydrogen-bond acceptors (Lipinski definition) is 4. The second-order valence-corrected chi connectivity index (χ2v) is 5.89. The summed E-state index contributed by atoms with van der Waals surface area (Å²) in [5, 5.41) is 0. The Labute approximate surface area is 152 Å². The van der Waals surface area contributed by atoms with Crippen LogP contribution < -0.4 is 20.3 Å². The van der Waals surface area contributed by atoms with Crippen LogP contribution >= 0.6 is 15.9 Å². The fourth-order valence-electron chi connectivity index (χ4n) is 1.73. The molecular formula is C17H16BrFN2O4. The van der Waals surface area contributed by atoms with Crippen molar-refractivity contribution in [2.45, 2.75) is 13.0 Å². The van der Waals surface area contributed by atoms with Crippen LogP contribution in [0.2, 0.25) is 0 Å². The molecule has 2 aromatic carbocycles. The number of hydrogen-bond donors (Lipinski definition) is 2. The van der Waals surface area contributed by atoms with Crippen LogP contribution in [0, 0.1) is 5.82 Å². The van der Waals surface area contributed by atoms with Gasteiger partial charge in [0.05, 0.1) is 0 Å². The molecule has 2 N–H and O–H groups in total. The first-order chi connectivity index (χ1) is 12.0. The molecule has 0 aliphatic heterocycles. The Morgan fingerprint density at radius 1 is 1.12 bits per heavy atom. The molecule has 0 unspecified atom stereocenters. The van der Waals surface area contributed by atoms with E-state index >= 15 is 0 Å². The zero-order chi connectivity index (χ0) is 18.2. The highest BCUT2D eigenvalue weighted by atomic mass is 79.9. The lowest BCUT2D eigenvalue weighted by Gasteiger charge is -2.15. The SMILES string of the molecule is C[C@@H](Oc1ccccc1F)C(=O)NNC(=O)COc1ccc(Br)cc1. The number of ether oxygens (including phenoxy) is 2. The van der Waals surface area contributed by atoms with Gasteiger partial charge in [-0.25, -0.2) is 4.39 Å². The number of rotatable bonds is 6. The molecule has 25 heavy (non-hydrogen) atoms. The predicted octanol–water partition coefficient (Wildman–Crippen LogP) is 2.58. The lowest BCUT2D eigenvalue weighted by molar-refractivity contribution is -0.133. The Morgan fingerprint density at radius 2 is 1.80 bits per heavy atom. The first kappa shape index (κ1) is 18.7. The number of carbonyl (C=O) groups excluding carboxylic acids is 2.